The van der Waals surface area contributed by atoms with Gasteiger partial charge >= 0.3 is 0 Å². The van der Waals surface area contributed by atoms with Crippen LogP contribution < -0.4 is 5.32 Å². The van der Waals surface area contributed by atoms with Crippen LogP contribution in [-0.4, -0.2) is 41.5 Å². The van der Waals surface area contributed by atoms with Crippen molar-refractivity contribution >= 4 is 28.9 Å². The molecule has 1 N–H and O–H groups in total. The molecule has 2 atom stereocenters. The molecule has 3 rings (SSSR count). The molecule has 1 amide bonds. The van der Waals surface area contributed by atoms with Crippen LogP contribution in [0.15, 0.2) is 48.5 Å². The summed E-state index contributed by atoms with van der Waals surface area (Å²) in [5.74, 6) is -0.216. The number of benzene rings is 2. The second-order valence-corrected chi connectivity index (χ2v) is 6.82. The predicted octanol–water partition coefficient (Wildman–Crippen LogP) is 3.65. The first-order valence-electron chi connectivity index (χ1n) is 8.60. The summed E-state index contributed by atoms with van der Waals surface area (Å²) in [6.45, 7) is 3.54. The second kappa shape index (κ2) is 8.47. The van der Waals surface area contributed by atoms with E-state index >= 15 is 0 Å². The highest BCUT2D eigenvalue weighted by atomic mass is 35.5. The topological polar surface area (TPSA) is 84.7 Å². The minimum atomic E-state index is -0.488. The Morgan fingerprint density at radius 2 is 2.07 bits per heavy atom. The molecule has 1 aliphatic heterocycles. The zero-order valence-electron chi connectivity index (χ0n) is 14.8. The number of nitrogens with one attached hydrogen (secondary N) is 1. The first-order valence-corrected chi connectivity index (χ1v) is 8.98. The van der Waals surface area contributed by atoms with Gasteiger partial charge in [0, 0.05) is 35.9 Å². The lowest BCUT2D eigenvalue weighted by Crippen LogP contribution is -2.48. The molecule has 0 bridgehead atoms. The van der Waals surface area contributed by atoms with E-state index in [0.717, 1.165) is 5.56 Å². The van der Waals surface area contributed by atoms with E-state index in [-0.39, 0.29) is 17.7 Å². The molecule has 2 unspecified atom stereocenters. The fraction of sp³-hybridized carbons (Fsp3) is 0.316. The van der Waals surface area contributed by atoms with Gasteiger partial charge in [-0.3, -0.25) is 19.8 Å². The van der Waals surface area contributed by atoms with Gasteiger partial charge in [-0.1, -0.05) is 29.8 Å². The molecule has 8 heteroatoms. The molecule has 1 fully saturated rings. The van der Waals surface area contributed by atoms with Crippen molar-refractivity contribution in [3.8, 4) is 0 Å². The van der Waals surface area contributed by atoms with E-state index in [2.05, 4.69) is 5.32 Å². The monoisotopic (exact) mass is 389 g/mol. The Hall–Kier alpha value is -2.48. The van der Waals surface area contributed by atoms with Gasteiger partial charge in [-0.15, -0.1) is 0 Å². The molecule has 0 aromatic heterocycles. The van der Waals surface area contributed by atoms with Crippen LogP contribution in [0.3, 0.4) is 0 Å². The third kappa shape index (κ3) is 4.82. The van der Waals surface area contributed by atoms with Crippen molar-refractivity contribution < 1.29 is 14.5 Å². The summed E-state index contributed by atoms with van der Waals surface area (Å²) in [5, 5.41) is 14.3. The molecular formula is C19H20ClN3O4. The average molecular weight is 390 g/mol. The summed E-state index contributed by atoms with van der Waals surface area (Å²) in [4.78, 5) is 25.0. The van der Waals surface area contributed by atoms with Crippen LogP contribution in [0, 0.1) is 10.1 Å². The van der Waals surface area contributed by atoms with Crippen molar-refractivity contribution in [3.05, 3.63) is 69.2 Å². The molecule has 2 aromatic carbocycles. The number of anilines is 1. The molecule has 0 radical (unpaired) electrons. The van der Waals surface area contributed by atoms with Crippen LogP contribution in [0.25, 0.3) is 0 Å². The number of halogens is 1. The number of carbonyl (C=O) groups excluding carboxylic acids is 1. The van der Waals surface area contributed by atoms with Crippen LogP contribution in [0.5, 0.6) is 0 Å². The Balaban J connectivity index is 1.64. The Morgan fingerprint density at radius 3 is 2.78 bits per heavy atom. The maximum Gasteiger partial charge on any atom is 0.271 e. The Morgan fingerprint density at radius 1 is 1.33 bits per heavy atom. The number of carbonyl (C=O) groups is 1. The number of nitro benzene ring substituents is 1. The number of amides is 1. The number of ether oxygens (including phenoxy) is 1. The van der Waals surface area contributed by atoms with E-state index in [0.29, 0.717) is 30.4 Å². The van der Waals surface area contributed by atoms with E-state index < -0.39 is 11.0 Å². The molecule has 2 aromatic rings. The minimum absolute atomic E-state index is 0.0605. The van der Waals surface area contributed by atoms with Crippen molar-refractivity contribution in [3.63, 3.8) is 0 Å². The van der Waals surface area contributed by atoms with Gasteiger partial charge in [0.25, 0.3) is 5.69 Å². The number of hydrogen-bond donors (Lipinski definition) is 1. The van der Waals surface area contributed by atoms with Crippen molar-refractivity contribution in [2.45, 2.75) is 19.1 Å². The van der Waals surface area contributed by atoms with Crippen LogP contribution in [-0.2, 0) is 9.53 Å². The van der Waals surface area contributed by atoms with Gasteiger partial charge < -0.3 is 10.1 Å². The second-order valence-electron chi connectivity index (χ2n) is 6.38. The summed E-state index contributed by atoms with van der Waals surface area (Å²) in [5.41, 5.74) is 1.36. The molecule has 1 aliphatic rings. The van der Waals surface area contributed by atoms with E-state index in [1.807, 2.05) is 36.1 Å². The summed E-state index contributed by atoms with van der Waals surface area (Å²) < 4.78 is 5.83. The Bertz CT molecular complexity index is 828. The highest BCUT2D eigenvalue weighted by molar-refractivity contribution is 6.30. The number of non-ortho nitro benzene ring substituents is 1. The van der Waals surface area contributed by atoms with Crippen LogP contribution >= 0.6 is 11.6 Å². The fourth-order valence-corrected chi connectivity index (χ4v) is 3.14. The Labute approximate surface area is 162 Å². The summed E-state index contributed by atoms with van der Waals surface area (Å²) in [7, 11) is 0. The standard InChI is InChI=1S/C19H20ClN3O4/c1-13(19(24)21-16-3-2-4-17(11-16)23(25)26)22-9-10-27-18(12-22)14-5-7-15(20)8-6-14/h2-8,11,13,18H,9-10,12H2,1H3,(H,21,24). The quantitative estimate of drug-likeness (QED) is 0.623. The van der Waals surface area contributed by atoms with Crippen molar-refractivity contribution in [1.82, 2.24) is 4.90 Å². The zero-order chi connectivity index (χ0) is 19.4. The van der Waals surface area contributed by atoms with Gasteiger partial charge in [-0.25, -0.2) is 0 Å². The van der Waals surface area contributed by atoms with Gasteiger partial charge in [-0.05, 0) is 30.7 Å². The van der Waals surface area contributed by atoms with Crippen LogP contribution in [0.1, 0.15) is 18.6 Å². The lowest BCUT2D eigenvalue weighted by atomic mass is 10.1. The highest BCUT2D eigenvalue weighted by Gasteiger charge is 2.29. The molecule has 142 valence electrons. The molecule has 1 saturated heterocycles. The third-order valence-corrected chi connectivity index (χ3v) is 4.84. The SMILES string of the molecule is CC(C(=O)Nc1cccc([N+](=O)[O-])c1)N1CCOC(c2ccc(Cl)cc2)C1. The Kier molecular flexibility index (Phi) is 6.05. The number of nitrogens with zero attached hydrogens (tertiary/aromatic N) is 2. The molecule has 7 nitrogen and oxygen atoms in total. The first-order chi connectivity index (χ1) is 12.9. The van der Waals surface area contributed by atoms with Crippen molar-refractivity contribution in [1.29, 1.82) is 0 Å². The van der Waals surface area contributed by atoms with Gasteiger partial charge in [0.2, 0.25) is 5.91 Å². The normalized spacial score (nSPS) is 18.7. The smallest absolute Gasteiger partial charge is 0.271 e. The fourth-order valence-electron chi connectivity index (χ4n) is 3.01. The predicted molar refractivity (Wildman–Crippen MR) is 103 cm³/mol. The third-order valence-electron chi connectivity index (χ3n) is 4.59. The lowest BCUT2D eigenvalue weighted by Gasteiger charge is -2.36. The van der Waals surface area contributed by atoms with E-state index in [4.69, 9.17) is 16.3 Å². The largest absolute Gasteiger partial charge is 0.371 e. The number of nitro groups is 1. The van der Waals surface area contributed by atoms with Crippen molar-refractivity contribution in [2.75, 3.05) is 25.0 Å². The first kappa shape index (κ1) is 19.3. The number of rotatable bonds is 5. The van der Waals surface area contributed by atoms with Crippen LogP contribution in [0.2, 0.25) is 5.02 Å². The number of hydrogen-bond acceptors (Lipinski definition) is 5. The molecular weight excluding hydrogens is 370 g/mol. The van der Waals surface area contributed by atoms with E-state index in [1.54, 1.807) is 12.1 Å². The summed E-state index contributed by atoms with van der Waals surface area (Å²) >= 11 is 5.93. The van der Waals surface area contributed by atoms with Gasteiger partial charge in [-0.2, -0.15) is 0 Å². The van der Waals surface area contributed by atoms with Gasteiger partial charge in [0.05, 0.1) is 23.7 Å². The molecule has 0 aliphatic carbocycles. The molecule has 1 heterocycles. The lowest BCUT2D eigenvalue weighted by molar-refractivity contribution is -0.384. The maximum absolute atomic E-state index is 12.6. The number of morpholine rings is 1. The maximum atomic E-state index is 12.6. The molecule has 0 saturated carbocycles. The molecule has 0 spiro atoms. The average Bonchev–Trinajstić information content (AvgIpc) is 2.68. The van der Waals surface area contributed by atoms with E-state index in [9.17, 15) is 14.9 Å². The minimum Gasteiger partial charge on any atom is -0.371 e. The molecule has 27 heavy (non-hydrogen) atoms. The summed E-state index contributed by atoms with van der Waals surface area (Å²) in [6, 6.07) is 13.0. The van der Waals surface area contributed by atoms with Gasteiger partial charge in [0.15, 0.2) is 0 Å². The zero-order valence-corrected chi connectivity index (χ0v) is 15.6. The van der Waals surface area contributed by atoms with E-state index in [1.165, 1.54) is 12.1 Å². The van der Waals surface area contributed by atoms with Crippen molar-refractivity contribution in [2.24, 2.45) is 0 Å². The van der Waals surface area contributed by atoms with Crippen LogP contribution in [0.4, 0.5) is 11.4 Å². The highest BCUT2D eigenvalue weighted by Crippen LogP contribution is 2.25. The summed E-state index contributed by atoms with van der Waals surface area (Å²) in [6.07, 6.45) is -0.135. The van der Waals surface area contributed by atoms with Gasteiger partial charge in [0.1, 0.15) is 0 Å².